The van der Waals surface area contributed by atoms with Crippen molar-refractivity contribution in [1.82, 2.24) is 19.2 Å². The number of anilines is 2. The predicted octanol–water partition coefficient (Wildman–Crippen LogP) is 3.96. The van der Waals surface area contributed by atoms with E-state index in [0.29, 0.717) is 58.7 Å². The van der Waals surface area contributed by atoms with Gasteiger partial charge in [0.05, 0.1) is 39.1 Å². The highest BCUT2D eigenvalue weighted by Gasteiger charge is 2.53. The van der Waals surface area contributed by atoms with Gasteiger partial charge in [0.1, 0.15) is 8.42 Å². The molecule has 0 amide bonds. The van der Waals surface area contributed by atoms with Gasteiger partial charge >= 0.3 is 0 Å². The van der Waals surface area contributed by atoms with Crippen molar-refractivity contribution in [3.8, 4) is 0 Å². The van der Waals surface area contributed by atoms with Crippen LogP contribution >= 0.6 is 22.9 Å². The van der Waals surface area contributed by atoms with Gasteiger partial charge in [-0.3, -0.25) is 0 Å². The van der Waals surface area contributed by atoms with Crippen LogP contribution in [0.1, 0.15) is 26.7 Å². The van der Waals surface area contributed by atoms with E-state index in [2.05, 4.69) is 20.0 Å². The van der Waals surface area contributed by atoms with E-state index >= 15 is 0 Å². The number of aromatic nitrogens is 4. The quantitative estimate of drug-likeness (QED) is 0.320. The molecule has 1 saturated carbocycles. The van der Waals surface area contributed by atoms with Crippen molar-refractivity contribution in [1.29, 1.82) is 0 Å². The predicted molar refractivity (Wildman–Crippen MR) is 147 cm³/mol. The van der Waals surface area contributed by atoms with Gasteiger partial charge in [0.25, 0.3) is 10.0 Å². The fourth-order valence-corrected chi connectivity index (χ4v) is 9.71. The van der Waals surface area contributed by atoms with Crippen molar-refractivity contribution in [2.75, 3.05) is 29.4 Å². The van der Waals surface area contributed by atoms with E-state index in [4.69, 9.17) is 11.6 Å². The molecule has 0 unspecified atom stereocenters. The first-order valence-corrected chi connectivity index (χ1v) is 16.4. The molecule has 39 heavy (non-hydrogen) atoms. The highest BCUT2D eigenvalue weighted by molar-refractivity contribution is 7.95. The van der Waals surface area contributed by atoms with Gasteiger partial charge in [0, 0.05) is 19.6 Å². The number of nitrogens with zero attached hydrogens (tertiary/aromatic N) is 6. The first kappa shape index (κ1) is 26.4. The van der Waals surface area contributed by atoms with Crippen molar-refractivity contribution in [3.63, 3.8) is 0 Å². The van der Waals surface area contributed by atoms with Crippen LogP contribution in [0.5, 0.6) is 0 Å². The molecule has 206 valence electrons. The molecular formula is C24H24ClFN6O4S3. The molecule has 1 spiro atoms. The Balaban J connectivity index is 1.41. The highest BCUT2D eigenvalue weighted by Crippen LogP contribution is 2.49. The topological polar surface area (TPSA) is 118 Å². The average molecular weight is 611 g/mol. The van der Waals surface area contributed by atoms with Crippen LogP contribution in [0.3, 0.4) is 0 Å². The molecule has 0 radical (unpaired) electrons. The minimum atomic E-state index is -4.23. The lowest BCUT2D eigenvalue weighted by atomic mass is 10.1. The van der Waals surface area contributed by atoms with Crippen molar-refractivity contribution >= 4 is 65.5 Å². The second kappa shape index (κ2) is 9.11. The highest BCUT2D eigenvalue weighted by atomic mass is 35.5. The standard InChI is InChI=1S/C24H24ClFN6O4S3/c1-15(2)38(33,34)19-6-7-20(37-19)39(35,36)32-18-5-3-4-17(25)21(18)22(29-32)31-11-10-30(14-24(31)8-9-24)23-27-12-16(26)13-28-23/h3-7,12-13,15H,8-11,14H2,1-2H3. The third-order valence-electron chi connectivity index (χ3n) is 7.17. The van der Waals surface area contributed by atoms with E-state index in [9.17, 15) is 21.2 Å². The van der Waals surface area contributed by atoms with Gasteiger partial charge in [-0.05, 0) is 51.0 Å². The molecule has 1 aliphatic carbocycles. The van der Waals surface area contributed by atoms with Crippen LogP contribution in [0, 0.1) is 5.82 Å². The minimum Gasteiger partial charge on any atom is -0.345 e. The molecule has 15 heteroatoms. The normalized spacial score (nSPS) is 17.5. The summed E-state index contributed by atoms with van der Waals surface area (Å²) in [4.78, 5) is 12.3. The zero-order valence-electron chi connectivity index (χ0n) is 21.0. The second-order valence-corrected chi connectivity index (χ2v) is 16.2. The number of hydrogen-bond acceptors (Lipinski definition) is 10. The van der Waals surface area contributed by atoms with Crippen LogP contribution in [0.25, 0.3) is 10.9 Å². The summed E-state index contributed by atoms with van der Waals surface area (Å²) in [6.45, 7) is 4.67. The van der Waals surface area contributed by atoms with E-state index < -0.39 is 30.9 Å². The van der Waals surface area contributed by atoms with Crippen molar-refractivity contribution in [3.05, 3.63) is 53.6 Å². The molecule has 2 aliphatic rings. The molecule has 0 atom stereocenters. The fourth-order valence-electron chi connectivity index (χ4n) is 4.89. The van der Waals surface area contributed by atoms with E-state index in [1.807, 2.05) is 4.90 Å². The summed E-state index contributed by atoms with van der Waals surface area (Å²) in [6.07, 6.45) is 3.96. The summed E-state index contributed by atoms with van der Waals surface area (Å²) in [7, 11) is -7.87. The summed E-state index contributed by atoms with van der Waals surface area (Å²) in [5, 5.41) is 4.78. The zero-order chi connectivity index (χ0) is 27.7. The maximum Gasteiger partial charge on any atom is 0.293 e. The van der Waals surface area contributed by atoms with Gasteiger partial charge in [-0.2, -0.15) is 12.5 Å². The minimum absolute atomic E-state index is 0.0122. The Hall–Kier alpha value is -2.81. The van der Waals surface area contributed by atoms with Crippen molar-refractivity contribution in [2.45, 2.75) is 45.9 Å². The van der Waals surface area contributed by atoms with Crippen LogP contribution in [0.4, 0.5) is 16.2 Å². The summed E-state index contributed by atoms with van der Waals surface area (Å²) in [5.41, 5.74) is -0.0220. The largest absolute Gasteiger partial charge is 0.345 e. The first-order chi connectivity index (χ1) is 18.4. The number of piperazine rings is 1. The number of fused-ring (bicyclic) bond motifs is 1. The molecule has 1 aromatic carbocycles. The zero-order valence-corrected chi connectivity index (χ0v) is 24.2. The lowest BCUT2D eigenvalue weighted by Crippen LogP contribution is -2.56. The Morgan fingerprint density at radius 2 is 1.72 bits per heavy atom. The Kier molecular flexibility index (Phi) is 6.17. The summed E-state index contributed by atoms with van der Waals surface area (Å²) in [6, 6.07) is 7.60. The molecule has 10 nitrogen and oxygen atoms in total. The Labute approximate surface area is 234 Å². The summed E-state index contributed by atoms with van der Waals surface area (Å²) < 4.78 is 67.1. The lowest BCUT2D eigenvalue weighted by Gasteiger charge is -2.42. The van der Waals surface area contributed by atoms with Crippen LogP contribution in [-0.4, -0.2) is 66.4 Å². The Morgan fingerprint density at radius 1 is 1.03 bits per heavy atom. The van der Waals surface area contributed by atoms with Crippen LogP contribution in [-0.2, 0) is 19.9 Å². The maximum atomic E-state index is 13.8. The van der Waals surface area contributed by atoms with Crippen molar-refractivity contribution in [2.24, 2.45) is 0 Å². The molecule has 6 rings (SSSR count). The van der Waals surface area contributed by atoms with E-state index in [1.165, 1.54) is 12.1 Å². The smallest absolute Gasteiger partial charge is 0.293 e. The average Bonchev–Trinajstić information content (AvgIpc) is 3.30. The molecule has 3 aromatic heterocycles. The summed E-state index contributed by atoms with van der Waals surface area (Å²) >= 11 is 7.33. The molecule has 0 N–H and O–H groups in total. The molecule has 4 aromatic rings. The number of benzene rings is 1. The monoisotopic (exact) mass is 610 g/mol. The van der Waals surface area contributed by atoms with Crippen LogP contribution in [0.2, 0.25) is 5.02 Å². The van der Waals surface area contributed by atoms with Crippen LogP contribution in [0.15, 0.2) is 51.1 Å². The molecule has 2 fully saturated rings. The van der Waals surface area contributed by atoms with Gasteiger partial charge in [0.15, 0.2) is 21.5 Å². The van der Waals surface area contributed by atoms with Crippen LogP contribution < -0.4 is 9.80 Å². The number of sulfone groups is 1. The molecule has 1 saturated heterocycles. The van der Waals surface area contributed by atoms with Crippen molar-refractivity contribution < 1.29 is 21.2 Å². The fraction of sp³-hybridized carbons (Fsp3) is 0.375. The van der Waals surface area contributed by atoms with E-state index in [0.717, 1.165) is 29.3 Å². The van der Waals surface area contributed by atoms with E-state index in [1.54, 1.807) is 32.0 Å². The molecule has 0 bridgehead atoms. The summed E-state index contributed by atoms with van der Waals surface area (Å²) in [5.74, 6) is 0.372. The third kappa shape index (κ3) is 4.28. The number of halogens is 2. The third-order valence-corrected chi connectivity index (χ3v) is 13.3. The molecule has 4 heterocycles. The number of hydrogen-bond donors (Lipinski definition) is 0. The van der Waals surface area contributed by atoms with Gasteiger partial charge in [-0.1, -0.05) is 17.7 Å². The lowest BCUT2D eigenvalue weighted by molar-refractivity contribution is 0.497. The maximum absolute atomic E-state index is 13.8. The number of thiophene rings is 1. The second-order valence-electron chi connectivity index (χ2n) is 9.97. The molecule has 1 aliphatic heterocycles. The Morgan fingerprint density at radius 3 is 2.38 bits per heavy atom. The molecular weight excluding hydrogens is 587 g/mol. The number of rotatable bonds is 6. The van der Waals surface area contributed by atoms with Gasteiger partial charge < -0.3 is 9.80 Å². The van der Waals surface area contributed by atoms with Gasteiger partial charge in [-0.25, -0.2) is 22.8 Å². The first-order valence-electron chi connectivity index (χ1n) is 12.2. The van der Waals surface area contributed by atoms with Gasteiger partial charge in [0.2, 0.25) is 5.95 Å². The Bertz CT molecular complexity index is 1800. The van der Waals surface area contributed by atoms with Gasteiger partial charge in [-0.15, -0.1) is 16.4 Å². The SMILES string of the molecule is CC(C)S(=O)(=O)c1ccc(S(=O)(=O)n2nc(N3CCN(c4ncc(F)cn4)CC34CC4)c3c(Cl)cccc32)s1. The van der Waals surface area contributed by atoms with E-state index in [-0.39, 0.29) is 14.0 Å².